The van der Waals surface area contributed by atoms with Crippen LogP contribution in [-0.2, 0) is 13.1 Å². The van der Waals surface area contributed by atoms with Gasteiger partial charge < -0.3 is 20.1 Å². The third-order valence-corrected chi connectivity index (χ3v) is 6.24. The molecule has 162 valence electrons. The van der Waals surface area contributed by atoms with Crippen LogP contribution >= 0.6 is 0 Å². The van der Waals surface area contributed by atoms with Crippen LogP contribution < -0.4 is 10.6 Å². The van der Waals surface area contributed by atoms with Gasteiger partial charge in [-0.25, -0.2) is 0 Å². The van der Waals surface area contributed by atoms with Gasteiger partial charge in [-0.05, 0) is 88.6 Å². The lowest BCUT2D eigenvalue weighted by atomic mass is 10.0. The number of hydrogen-bond acceptors (Lipinski definition) is 3. The summed E-state index contributed by atoms with van der Waals surface area (Å²) in [5.41, 5.74) is 6.08. The number of nitrogens with zero attached hydrogens (tertiary/aromatic N) is 2. The molecule has 4 nitrogen and oxygen atoms in total. The smallest absolute Gasteiger partial charge is 0.0931 e. The number of hydrogen-bond donors (Lipinski definition) is 2. The Balaban J connectivity index is 1.41. The van der Waals surface area contributed by atoms with E-state index >= 15 is 0 Å². The van der Waals surface area contributed by atoms with Crippen LogP contribution in [0.3, 0.4) is 0 Å². The minimum atomic E-state index is 0.634. The summed E-state index contributed by atoms with van der Waals surface area (Å²) in [6.45, 7) is 9.16. The van der Waals surface area contributed by atoms with Gasteiger partial charge in [0.25, 0.3) is 0 Å². The number of aromatic nitrogens is 1. The zero-order chi connectivity index (χ0) is 21.6. The summed E-state index contributed by atoms with van der Waals surface area (Å²) >= 11 is 0. The molecular formula is C27H34N4. The van der Waals surface area contributed by atoms with Gasteiger partial charge in [-0.1, -0.05) is 29.7 Å². The molecule has 0 amide bonds. The number of likely N-dealkylation sites (tertiary alicyclic amines) is 1. The van der Waals surface area contributed by atoms with Crippen molar-refractivity contribution < 1.29 is 0 Å². The first-order valence-electron chi connectivity index (χ1n) is 11.5. The second-order valence-electron chi connectivity index (χ2n) is 8.65. The zero-order valence-corrected chi connectivity index (χ0v) is 19.0. The van der Waals surface area contributed by atoms with Crippen LogP contribution in [0.2, 0.25) is 0 Å². The van der Waals surface area contributed by atoms with Crippen molar-refractivity contribution in [2.24, 2.45) is 0 Å². The van der Waals surface area contributed by atoms with E-state index in [9.17, 15) is 0 Å². The number of aryl methyl sites for hydroxylation is 2. The van der Waals surface area contributed by atoms with Gasteiger partial charge >= 0.3 is 0 Å². The summed E-state index contributed by atoms with van der Waals surface area (Å²) in [5.74, 6) is 6.66. The summed E-state index contributed by atoms with van der Waals surface area (Å²) in [7, 11) is 2.21. The predicted octanol–water partition coefficient (Wildman–Crippen LogP) is 4.62. The van der Waals surface area contributed by atoms with Crippen molar-refractivity contribution in [3.05, 3.63) is 65.4 Å². The van der Waals surface area contributed by atoms with E-state index in [1.807, 2.05) is 0 Å². The summed E-state index contributed by atoms with van der Waals surface area (Å²) in [4.78, 5) is 2.41. The monoisotopic (exact) mass is 414 g/mol. The molecular weight excluding hydrogens is 380 g/mol. The van der Waals surface area contributed by atoms with Crippen LogP contribution in [0.1, 0.15) is 36.6 Å². The van der Waals surface area contributed by atoms with E-state index in [-0.39, 0.29) is 0 Å². The van der Waals surface area contributed by atoms with E-state index in [1.54, 1.807) is 0 Å². The molecule has 3 aromatic rings. The van der Waals surface area contributed by atoms with Gasteiger partial charge in [0.15, 0.2) is 0 Å². The first kappa shape index (κ1) is 21.5. The highest BCUT2D eigenvalue weighted by Gasteiger charge is 2.16. The molecule has 4 heteroatoms. The minimum Gasteiger partial charge on any atom is -0.374 e. The topological polar surface area (TPSA) is 32.2 Å². The molecule has 1 aliphatic rings. The summed E-state index contributed by atoms with van der Waals surface area (Å²) in [6.07, 6.45) is 2.47. The van der Waals surface area contributed by atoms with Crippen LogP contribution in [-0.4, -0.2) is 42.2 Å². The first-order chi connectivity index (χ1) is 15.1. The van der Waals surface area contributed by atoms with Crippen molar-refractivity contribution in [3.63, 3.8) is 0 Å². The molecule has 0 atom stereocenters. The highest BCUT2D eigenvalue weighted by Crippen LogP contribution is 2.21. The van der Waals surface area contributed by atoms with Crippen molar-refractivity contribution in [3.8, 4) is 11.8 Å². The van der Waals surface area contributed by atoms with Crippen LogP contribution in [0.25, 0.3) is 10.9 Å². The Morgan fingerprint density at radius 1 is 1.03 bits per heavy atom. The number of benzene rings is 2. The maximum Gasteiger partial charge on any atom is 0.0931 e. The normalized spacial score (nSPS) is 15.1. The Morgan fingerprint density at radius 3 is 2.55 bits per heavy atom. The van der Waals surface area contributed by atoms with Gasteiger partial charge in [0, 0.05) is 35.7 Å². The van der Waals surface area contributed by atoms with Crippen LogP contribution in [0.4, 0.5) is 5.69 Å². The highest BCUT2D eigenvalue weighted by atomic mass is 15.1. The number of nitrogens with one attached hydrogen (secondary N) is 2. The van der Waals surface area contributed by atoms with E-state index in [0.29, 0.717) is 12.6 Å². The summed E-state index contributed by atoms with van der Waals surface area (Å²) in [6, 6.07) is 18.1. The van der Waals surface area contributed by atoms with Crippen LogP contribution in [0.5, 0.6) is 0 Å². The van der Waals surface area contributed by atoms with Crippen molar-refractivity contribution in [2.45, 2.75) is 45.8 Å². The SMILES string of the molecule is CCn1c(C#CCNc2ccc(C)cc2)cc2cc(CNC3CCN(C)CC3)ccc21. The number of piperidine rings is 1. The average Bonchev–Trinajstić information content (AvgIpc) is 3.14. The van der Waals surface area contributed by atoms with Crippen molar-refractivity contribution in [1.82, 2.24) is 14.8 Å². The van der Waals surface area contributed by atoms with Gasteiger partial charge in [-0.2, -0.15) is 0 Å². The molecule has 1 fully saturated rings. The van der Waals surface area contributed by atoms with Gasteiger partial charge in [-0.15, -0.1) is 0 Å². The van der Waals surface area contributed by atoms with E-state index < -0.39 is 0 Å². The van der Waals surface area contributed by atoms with E-state index in [1.165, 1.54) is 48.0 Å². The fourth-order valence-corrected chi connectivity index (χ4v) is 4.30. The standard InChI is InChI=1S/C27H34N4/c1-4-31-26(6-5-15-28-24-10-7-21(2)8-11-24)19-23-18-22(9-12-27(23)31)20-29-25-13-16-30(3)17-14-25/h7-12,18-19,25,28-29H,4,13-17,20H2,1-3H3. The second-order valence-corrected chi connectivity index (χ2v) is 8.65. The number of anilines is 1. The molecule has 0 aliphatic carbocycles. The predicted molar refractivity (Wildman–Crippen MR) is 132 cm³/mol. The van der Waals surface area contributed by atoms with E-state index in [0.717, 1.165) is 24.5 Å². The quantitative estimate of drug-likeness (QED) is 0.578. The molecule has 2 aromatic carbocycles. The molecule has 0 radical (unpaired) electrons. The zero-order valence-electron chi connectivity index (χ0n) is 19.0. The molecule has 1 saturated heterocycles. The Labute approximate surface area is 186 Å². The van der Waals surface area contributed by atoms with Gasteiger partial charge in [0.2, 0.25) is 0 Å². The third-order valence-electron chi connectivity index (χ3n) is 6.24. The summed E-state index contributed by atoms with van der Waals surface area (Å²) in [5, 5.41) is 8.41. The lowest BCUT2D eigenvalue weighted by molar-refractivity contribution is 0.234. The lowest BCUT2D eigenvalue weighted by Crippen LogP contribution is -2.40. The highest BCUT2D eigenvalue weighted by molar-refractivity contribution is 5.83. The number of fused-ring (bicyclic) bond motifs is 1. The second kappa shape index (κ2) is 10.0. The van der Waals surface area contributed by atoms with Crippen molar-refractivity contribution in [2.75, 3.05) is 32.0 Å². The van der Waals surface area contributed by atoms with E-state index in [4.69, 9.17) is 0 Å². The molecule has 2 heterocycles. The number of rotatable bonds is 6. The van der Waals surface area contributed by atoms with Crippen molar-refractivity contribution >= 4 is 16.6 Å². The third kappa shape index (κ3) is 5.50. The fraction of sp³-hybridized carbons (Fsp3) is 0.407. The van der Waals surface area contributed by atoms with Gasteiger partial charge in [0.1, 0.15) is 0 Å². The average molecular weight is 415 g/mol. The fourth-order valence-electron chi connectivity index (χ4n) is 4.30. The lowest BCUT2D eigenvalue weighted by Gasteiger charge is -2.29. The maximum absolute atomic E-state index is 3.75. The molecule has 0 spiro atoms. The molecule has 0 saturated carbocycles. The van der Waals surface area contributed by atoms with Crippen LogP contribution in [0.15, 0.2) is 48.5 Å². The molecule has 1 aromatic heterocycles. The molecule has 4 rings (SSSR count). The van der Waals surface area contributed by atoms with Crippen LogP contribution in [0, 0.1) is 18.8 Å². The van der Waals surface area contributed by atoms with Crippen molar-refractivity contribution in [1.29, 1.82) is 0 Å². The largest absolute Gasteiger partial charge is 0.374 e. The van der Waals surface area contributed by atoms with Gasteiger partial charge in [0.05, 0.1) is 12.2 Å². The Bertz CT molecular complexity index is 1060. The molecule has 2 N–H and O–H groups in total. The molecule has 0 unspecified atom stereocenters. The Hall–Kier alpha value is -2.74. The Kier molecular flexibility index (Phi) is 6.96. The summed E-state index contributed by atoms with van der Waals surface area (Å²) < 4.78 is 2.31. The first-order valence-corrected chi connectivity index (χ1v) is 11.5. The molecule has 31 heavy (non-hydrogen) atoms. The molecule has 0 bridgehead atoms. The Morgan fingerprint density at radius 2 is 1.81 bits per heavy atom. The van der Waals surface area contributed by atoms with Gasteiger partial charge in [-0.3, -0.25) is 0 Å². The maximum atomic E-state index is 3.75. The van der Waals surface area contributed by atoms with E-state index in [2.05, 4.69) is 101 Å². The minimum absolute atomic E-state index is 0.634. The molecule has 1 aliphatic heterocycles.